The smallest absolute Gasteiger partial charge is 0.204 e. The van der Waals surface area contributed by atoms with Crippen LogP contribution >= 0.6 is 0 Å². The predicted octanol–water partition coefficient (Wildman–Crippen LogP) is 2.02. The molecule has 4 heteroatoms. The van der Waals surface area contributed by atoms with Crippen molar-refractivity contribution in [1.82, 2.24) is 9.55 Å². The zero-order chi connectivity index (χ0) is 9.26. The van der Waals surface area contributed by atoms with Crippen molar-refractivity contribution in [2.75, 3.05) is 0 Å². The van der Waals surface area contributed by atoms with Gasteiger partial charge in [0.15, 0.2) is 0 Å². The molecule has 14 heavy (non-hydrogen) atoms. The Balaban J connectivity index is 0.000000980. The summed E-state index contributed by atoms with van der Waals surface area (Å²) in [5.41, 5.74) is 0.800. The third-order valence-corrected chi connectivity index (χ3v) is 1.88. The normalized spacial score (nSPS) is 9.57. The van der Waals surface area contributed by atoms with Gasteiger partial charge < -0.3 is 4.57 Å². The number of aromatic nitrogens is 2. The van der Waals surface area contributed by atoms with E-state index in [0.29, 0.717) is 5.82 Å². The first-order chi connectivity index (χ1) is 6.29. The van der Waals surface area contributed by atoms with Crippen LogP contribution < -0.4 is 0 Å². The summed E-state index contributed by atoms with van der Waals surface area (Å²) in [5.74, 6) is 0.255. The molecule has 1 aromatic heterocycles. The number of hydrogen-bond donors (Lipinski definition) is 0. The van der Waals surface area contributed by atoms with Gasteiger partial charge in [-0.1, -0.05) is 0 Å². The summed E-state index contributed by atoms with van der Waals surface area (Å²) >= 11 is 0. The predicted molar refractivity (Wildman–Crippen MR) is 47.4 cm³/mol. The Bertz CT molecular complexity index is 411. The Hall–Kier alpha value is -0.991. The zero-order valence-electron chi connectivity index (χ0n) is 7.49. The Labute approximate surface area is 95.1 Å². The van der Waals surface area contributed by atoms with E-state index in [1.54, 1.807) is 13.1 Å². The molecule has 2 aromatic rings. The van der Waals surface area contributed by atoms with Crippen LogP contribution in [0.15, 0.2) is 30.5 Å². The average molecular weight is 367 g/mol. The Morgan fingerprint density at radius 3 is 2.71 bits per heavy atom. The third-order valence-electron chi connectivity index (χ3n) is 1.88. The van der Waals surface area contributed by atoms with E-state index in [-0.39, 0.29) is 26.1 Å². The van der Waals surface area contributed by atoms with Crippen molar-refractivity contribution in [3.05, 3.63) is 42.5 Å². The van der Waals surface area contributed by atoms with E-state index in [0.717, 1.165) is 5.56 Å². The first-order valence-corrected chi connectivity index (χ1v) is 3.93. The van der Waals surface area contributed by atoms with Crippen LogP contribution in [-0.4, -0.2) is 9.55 Å². The second-order valence-corrected chi connectivity index (χ2v) is 2.74. The fourth-order valence-corrected chi connectivity index (χ4v) is 1.17. The van der Waals surface area contributed by atoms with Gasteiger partial charge in [0, 0.05) is 27.2 Å². The van der Waals surface area contributed by atoms with Gasteiger partial charge >= 0.3 is 0 Å². The van der Waals surface area contributed by atoms with E-state index in [9.17, 15) is 4.39 Å². The van der Waals surface area contributed by atoms with E-state index in [2.05, 4.69) is 11.1 Å². The van der Waals surface area contributed by atoms with Gasteiger partial charge in [0.1, 0.15) is 0 Å². The number of nitrogens with zero attached hydrogens (tertiary/aromatic N) is 2. The Morgan fingerprint density at radius 1 is 1.43 bits per heavy atom. The van der Waals surface area contributed by atoms with E-state index in [4.69, 9.17) is 0 Å². The molecular weight excluding hydrogens is 359 g/mol. The molecular formula is C10H8FIrN2-. The van der Waals surface area contributed by atoms with E-state index in [1.165, 1.54) is 10.8 Å². The van der Waals surface area contributed by atoms with Crippen molar-refractivity contribution < 1.29 is 24.5 Å². The number of imidazole rings is 1. The van der Waals surface area contributed by atoms with Crippen LogP contribution in [0.5, 0.6) is 0 Å². The molecule has 2 nitrogen and oxygen atoms in total. The SMILES string of the molecule is Cn1c(F)cnc1-c1[c-]cccc1.[Ir]. The van der Waals surface area contributed by atoms with Crippen LogP contribution in [-0.2, 0) is 27.2 Å². The molecule has 0 fully saturated rings. The molecule has 0 spiro atoms. The molecule has 0 unspecified atom stereocenters. The molecule has 0 saturated carbocycles. The molecule has 1 aromatic carbocycles. The van der Waals surface area contributed by atoms with Crippen molar-refractivity contribution in [3.63, 3.8) is 0 Å². The zero-order valence-corrected chi connectivity index (χ0v) is 9.89. The van der Waals surface area contributed by atoms with Gasteiger partial charge in [-0.3, -0.25) is 4.98 Å². The topological polar surface area (TPSA) is 17.8 Å². The van der Waals surface area contributed by atoms with Crippen LogP contribution in [0.4, 0.5) is 4.39 Å². The molecule has 0 saturated heterocycles. The molecule has 2 rings (SSSR count). The summed E-state index contributed by atoms with van der Waals surface area (Å²) in [6.07, 6.45) is 1.20. The molecule has 0 bridgehead atoms. The maximum absolute atomic E-state index is 12.9. The van der Waals surface area contributed by atoms with Crippen molar-refractivity contribution >= 4 is 0 Å². The fraction of sp³-hybridized carbons (Fsp3) is 0.100. The molecule has 75 valence electrons. The molecule has 0 aliphatic carbocycles. The molecule has 1 heterocycles. The maximum Gasteiger partial charge on any atom is 0.204 e. The summed E-state index contributed by atoms with van der Waals surface area (Å²) in [4.78, 5) is 3.94. The second kappa shape index (κ2) is 4.49. The van der Waals surface area contributed by atoms with Crippen molar-refractivity contribution in [3.8, 4) is 11.4 Å². The minimum Gasteiger partial charge on any atom is -0.344 e. The molecule has 0 aliphatic heterocycles. The second-order valence-electron chi connectivity index (χ2n) is 2.74. The van der Waals surface area contributed by atoms with E-state index < -0.39 is 0 Å². The van der Waals surface area contributed by atoms with Gasteiger partial charge in [-0.15, -0.1) is 35.9 Å². The quantitative estimate of drug-likeness (QED) is 0.706. The number of rotatable bonds is 1. The summed E-state index contributed by atoms with van der Waals surface area (Å²) in [5, 5.41) is 0. The number of hydrogen-bond acceptors (Lipinski definition) is 1. The monoisotopic (exact) mass is 368 g/mol. The Morgan fingerprint density at radius 2 is 2.21 bits per heavy atom. The van der Waals surface area contributed by atoms with Crippen LogP contribution in [0.25, 0.3) is 11.4 Å². The van der Waals surface area contributed by atoms with Gasteiger partial charge in [0.25, 0.3) is 0 Å². The van der Waals surface area contributed by atoms with Gasteiger partial charge in [-0.25, -0.2) is 0 Å². The van der Waals surface area contributed by atoms with E-state index in [1.807, 2.05) is 18.2 Å². The number of halogens is 1. The molecule has 0 atom stereocenters. The van der Waals surface area contributed by atoms with Crippen molar-refractivity contribution in [1.29, 1.82) is 0 Å². The molecule has 0 aliphatic rings. The van der Waals surface area contributed by atoms with Gasteiger partial charge in [0.05, 0.1) is 12.0 Å². The van der Waals surface area contributed by atoms with Gasteiger partial charge in [-0.05, 0) is 0 Å². The van der Waals surface area contributed by atoms with Crippen LogP contribution in [0.1, 0.15) is 0 Å². The summed E-state index contributed by atoms with van der Waals surface area (Å²) in [7, 11) is 1.64. The summed E-state index contributed by atoms with van der Waals surface area (Å²) in [6, 6.07) is 10.4. The van der Waals surface area contributed by atoms with Crippen molar-refractivity contribution in [2.24, 2.45) is 7.05 Å². The number of benzene rings is 1. The fourth-order valence-electron chi connectivity index (χ4n) is 1.17. The average Bonchev–Trinajstić information content (AvgIpc) is 2.49. The maximum atomic E-state index is 12.9. The first kappa shape index (κ1) is 11.1. The third kappa shape index (κ3) is 1.91. The first-order valence-electron chi connectivity index (χ1n) is 3.93. The summed E-state index contributed by atoms with van der Waals surface area (Å²) < 4.78 is 14.3. The minimum absolute atomic E-state index is 0. The van der Waals surface area contributed by atoms with Crippen LogP contribution in [0.2, 0.25) is 0 Å². The standard InChI is InChI=1S/C10H8FN2.Ir/c1-13-9(11)7-12-10(13)8-5-3-2-4-6-8;/h2-5,7H,1H3;/q-1;. The Kier molecular flexibility index (Phi) is 3.55. The molecule has 0 N–H and O–H groups in total. The molecule has 1 radical (unpaired) electrons. The largest absolute Gasteiger partial charge is 0.344 e. The molecule has 0 amide bonds. The van der Waals surface area contributed by atoms with Crippen LogP contribution in [0.3, 0.4) is 0 Å². The summed E-state index contributed by atoms with van der Waals surface area (Å²) in [6.45, 7) is 0. The minimum atomic E-state index is -0.341. The van der Waals surface area contributed by atoms with Gasteiger partial charge in [0.2, 0.25) is 5.95 Å². The van der Waals surface area contributed by atoms with Crippen molar-refractivity contribution in [2.45, 2.75) is 0 Å². The van der Waals surface area contributed by atoms with Crippen LogP contribution in [0, 0.1) is 12.0 Å². The van der Waals surface area contributed by atoms with Gasteiger partial charge in [-0.2, -0.15) is 4.39 Å². The van der Waals surface area contributed by atoms with E-state index >= 15 is 0 Å².